The Morgan fingerprint density at radius 1 is 1.17 bits per heavy atom. The summed E-state index contributed by atoms with van der Waals surface area (Å²) in [7, 11) is 0. The molecular weight excluding hydrogens is 346 g/mol. The van der Waals surface area contributed by atoms with Gasteiger partial charge in [-0.15, -0.1) is 11.8 Å². The highest BCUT2D eigenvalue weighted by Gasteiger charge is 2.19. The zero-order valence-electron chi connectivity index (χ0n) is 13.4. The number of anilines is 1. The number of esters is 1. The molecule has 0 aliphatic carbocycles. The van der Waals surface area contributed by atoms with Crippen LogP contribution in [0.3, 0.4) is 0 Å². The first-order valence-corrected chi connectivity index (χ1v) is 8.77. The number of aryl methyl sites for hydroxylation is 1. The average Bonchev–Trinajstić information content (AvgIpc) is 2.56. The van der Waals surface area contributed by atoms with Gasteiger partial charge in [0.25, 0.3) is 5.91 Å². The maximum Gasteiger partial charge on any atom is 0.317 e. The van der Waals surface area contributed by atoms with E-state index < -0.39 is 18.0 Å². The average molecular weight is 364 g/mol. The SMILES string of the molecule is Cc1ccccc1SCC(=O)OC(C)C(=O)Nc1ccccc1Cl. The highest BCUT2D eigenvalue weighted by atomic mass is 35.5. The Bertz CT molecular complexity index is 736. The van der Waals surface area contributed by atoms with Gasteiger partial charge in [-0.1, -0.05) is 41.9 Å². The lowest BCUT2D eigenvalue weighted by Crippen LogP contribution is -2.30. The number of amides is 1. The van der Waals surface area contributed by atoms with Crippen LogP contribution >= 0.6 is 23.4 Å². The molecule has 0 saturated heterocycles. The fourth-order valence-corrected chi connectivity index (χ4v) is 2.93. The summed E-state index contributed by atoms with van der Waals surface area (Å²) in [6.07, 6.45) is -0.897. The molecule has 0 aliphatic heterocycles. The third-order valence-electron chi connectivity index (χ3n) is 3.25. The molecule has 0 bridgehead atoms. The second-order valence-corrected chi connectivity index (χ2v) is 6.58. The number of para-hydroxylation sites is 1. The van der Waals surface area contributed by atoms with Crippen molar-refractivity contribution < 1.29 is 14.3 Å². The smallest absolute Gasteiger partial charge is 0.317 e. The molecule has 1 amide bonds. The molecule has 0 aliphatic rings. The van der Waals surface area contributed by atoms with Gasteiger partial charge in [0.05, 0.1) is 16.5 Å². The maximum atomic E-state index is 12.1. The lowest BCUT2D eigenvalue weighted by molar-refractivity contribution is -0.150. The Morgan fingerprint density at radius 2 is 1.83 bits per heavy atom. The van der Waals surface area contributed by atoms with Gasteiger partial charge < -0.3 is 10.1 Å². The lowest BCUT2D eigenvalue weighted by atomic mass is 10.2. The molecular formula is C18H18ClNO3S. The highest BCUT2D eigenvalue weighted by Crippen LogP contribution is 2.22. The molecule has 0 radical (unpaired) electrons. The molecule has 0 fully saturated rings. The van der Waals surface area contributed by atoms with E-state index >= 15 is 0 Å². The number of benzene rings is 2. The van der Waals surface area contributed by atoms with Crippen LogP contribution in [-0.2, 0) is 14.3 Å². The van der Waals surface area contributed by atoms with E-state index in [4.69, 9.17) is 16.3 Å². The van der Waals surface area contributed by atoms with Crippen molar-refractivity contribution in [2.24, 2.45) is 0 Å². The summed E-state index contributed by atoms with van der Waals surface area (Å²) in [5, 5.41) is 3.07. The molecule has 0 spiro atoms. The first-order chi connectivity index (χ1) is 11.5. The van der Waals surface area contributed by atoms with E-state index in [9.17, 15) is 9.59 Å². The van der Waals surface area contributed by atoms with E-state index in [2.05, 4.69) is 5.32 Å². The topological polar surface area (TPSA) is 55.4 Å². The lowest BCUT2D eigenvalue weighted by Gasteiger charge is -2.14. The molecule has 2 aromatic carbocycles. The number of rotatable bonds is 6. The third-order valence-corrected chi connectivity index (χ3v) is 4.73. The van der Waals surface area contributed by atoms with Gasteiger partial charge >= 0.3 is 5.97 Å². The van der Waals surface area contributed by atoms with Gasteiger partial charge in [0.1, 0.15) is 0 Å². The van der Waals surface area contributed by atoms with Crippen LogP contribution in [0.25, 0.3) is 0 Å². The van der Waals surface area contributed by atoms with Crippen molar-refractivity contribution in [1.82, 2.24) is 0 Å². The Hall–Kier alpha value is -1.98. The number of hydrogen-bond acceptors (Lipinski definition) is 4. The first-order valence-electron chi connectivity index (χ1n) is 7.40. The number of halogens is 1. The van der Waals surface area contributed by atoms with Crippen LogP contribution in [0.15, 0.2) is 53.4 Å². The molecule has 1 unspecified atom stereocenters. The van der Waals surface area contributed by atoms with Crippen LogP contribution in [0.5, 0.6) is 0 Å². The molecule has 2 aromatic rings. The van der Waals surface area contributed by atoms with Gasteiger partial charge in [0, 0.05) is 4.90 Å². The molecule has 1 N–H and O–H groups in total. The Kier molecular flexibility index (Phi) is 6.70. The molecule has 6 heteroatoms. The van der Waals surface area contributed by atoms with Crippen LogP contribution < -0.4 is 5.32 Å². The number of carbonyl (C=O) groups excluding carboxylic acids is 2. The molecule has 4 nitrogen and oxygen atoms in total. The number of thioether (sulfide) groups is 1. The zero-order chi connectivity index (χ0) is 17.5. The normalized spacial score (nSPS) is 11.6. The van der Waals surface area contributed by atoms with E-state index in [1.165, 1.54) is 18.7 Å². The molecule has 0 saturated carbocycles. The minimum absolute atomic E-state index is 0.147. The minimum Gasteiger partial charge on any atom is -0.452 e. The first kappa shape index (κ1) is 18.4. The van der Waals surface area contributed by atoms with Crippen LogP contribution in [0.4, 0.5) is 5.69 Å². The summed E-state index contributed by atoms with van der Waals surface area (Å²) < 4.78 is 5.17. The van der Waals surface area contributed by atoms with Gasteiger partial charge in [-0.25, -0.2) is 0 Å². The van der Waals surface area contributed by atoms with E-state index in [1.54, 1.807) is 24.3 Å². The number of nitrogens with one attached hydrogen (secondary N) is 1. The summed E-state index contributed by atoms with van der Waals surface area (Å²) >= 11 is 7.37. The second-order valence-electron chi connectivity index (χ2n) is 5.16. The van der Waals surface area contributed by atoms with E-state index in [0.717, 1.165) is 10.5 Å². The van der Waals surface area contributed by atoms with Crippen molar-refractivity contribution in [3.63, 3.8) is 0 Å². The zero-order valence-corrected chi connectivity index (χ0v) is 15.0. The monoisotopic (exact) mass is 363 g/mol. The minimum atomic E-state index is -0.897. The van der Waals surface area contributed by atoms with E-state index in [1.807, 2.05) is 31.2 Å². The van der Waals surface area contributed by atoms with Gasteiger partial charge in [-0.2, -0.15) is 0 Å². The third kappa shape index (κ3) is 5.28. The Morgan fingerprint density at radius 3 is 2.54 bits per heavy atom. The van der Waals surface area contributed by atoms with Crippen molar-refractivity contribution in [2.75, 3.05) is 11.1 Å². The van der Waals surface area contributed by atoms with Crippen molar-refractivity contribution in [2.45, 2.75) is 24.8 Å². The van der Waals surface area contributed by atoms with Crippen LogP contribution in [0.1, 0.15) is 12.5 Å². The molecule has 0 heterocycles. The summed E-state index contributed by atoms with van der Waals surface area (Å²) in [6.45, 7) is 3.51. The van der Waals surface area contributed by atoms with Crippen molar-refractivity contribution in [3.8, 4) is 0 Å². The molecule has 2 rings (SSSR count). The van der Waals surface area contributed by atoms with Crippen molar-refractivity contribution >= 4 is 40.9 Å². The summed E-state index contributed by atoms with van der Waals surface area (Å²) in [4.78, 5) is 25.0. The fraction of sp³-hybridized carbons (Fsp3) is 0.222. The van der Waals surface area contributed by atoms with Crippen LogP contribution in [-0.4, -0.2) is 23.7 Å². The predicted octanol–water partition coefficient (Wildman–Crippen LogP) is 4.31. The van der Waals surface area contributed by atoms with E-state index in [0.29, 0.717) is 10.7 Å². The van der Waals surface area contributed by atoms with Crippen molar-refractivity contribution in [3.05, 3.63) is 59.1 Å². The van der Waals surface area contributed by atoms with Crippen molar-refractivity contribution in [1.29, 1.82) is 0 Å². The van der Waals surface area contributed by atoms with Crippen LogP contribution in [0, 0.1) is 6.92 Å². The summed E-state index contributed by atoms with van der Waals surface area (Å²) in [6, 6.07) is 14.7. The predicted molar refractivity (Wildman–Crippen MR) is 97.5 cm³/mol. The van der Waals surface area contributed by atoms with E-state index in [-0.39, 0.29) is 5.75 Å². The second kappa shape index (κ2) is 8.76. The van der Waals surface area contributed by atoms with Gasteiger partial charge in [-0.3, -0.25) is 9.59 Å². The van der Waals surface area contributed by atoms with Gasteiger partial charge in [0.2, 0.25) is 0 Å². The Balaban J connectivity index is 1.84. The van der Waals surface area contributed by atoms with Gasteiger partial charge in [-0.05, 0) is 37.6 Å². The maximum absolute atomic E-state index is 12.1. The fourth-order valence-electron chi connectivity index (χ4n) is 1.94. The number of carbonyl (C=O) groups is 2. The molecule has 24 heavy (non-hydrogen) atoms. The molecule has 1 atom stereocenters. The quantitative estimate of drug-likeness (QED) is 0.613. The number of hydrogen-bond donors (Lipinski definition) is 1. The molecule has 0 aromatic heterocycles. The summed E-state index contributed by atoms with van der Waals surface area (Å²) in [5.41, 5.74) is 1.58. The van der Waals surface area contributed by atoms with Gasteiger partial charge in [0.15, 0.2) is 6.10 Å². The number of ether oxygens (including phenoxy) is 1. The largest absolute Gasteiger partial charge is 0.452 e. The molecule has 126 valence electrons. The highest BCUT2D eigenvalue weighted by molar-refractivity contribution is 8.00. The Labute approximate surface area is 150 Å². The van der Waals surface area contributed by atoms with Crippen LogP contribution in [0.2, 0.25) is 5.02 Å². The summed E-state index contributed by atoms with van der Waals surface area (Å²) in [5.74, 6) is -0.711. The standard InChI is InChI=1S/C18H18ClNO3S/c1-12-7-3-6-10-16(12)24-11-17(21)23-13(2)18(22)20-15-9-5-4-8-14(15)19/h3-10,13H,11H2,1-2H3,(H,20,22).